The Kier molecular flexibility index (Phi) is 6.14. The number of phenols is 1. The summed E-state index contributed by atoms with van der Waals surface area (Å²) in [6.07, 6.45) is 5.63. The Hall–Kier alpha value is -3.05. The van der Waals surface area contributed by atoms with Crippen LogP contribution in [0.3, 0.4) is 0 Å². The molecule has 0 bridgehead atoms. The van der Waals surface area contributed by atoms with E-state index in [1.165, 1.54) is 12.1 Å². The van der Waals surface area contributed by atoms with Gasteiger partial charge in [-0.05, 0) is 54.7 Å². The van der Waals surface area contributed by atoms with Gasteiger partial charge in [-0.15, -0.1) is 0 Å². The molecule has 4 rings (SSSR count). The van der Waals surface area contributed by atoms with Crippen molar-refractivity contribution in [2.75, 3.05) is 6.61 Å². The van der Waals surface area contributed by atoms with E-state index >= 15 is 0 Å². The third-order valence-electron chi connectivity index (χ3n) is 5.71. The molecule has 1 N–H and O–H groups in total. The molecule has 0 radical (unpaired) electrons. The van der Waals surface area contributed by atoms with Crippen molar-refractivity contribution < 1.29 is 23.0 Å². The van der Waals surface area contributed by atoms with Gasteiger partial charge >= 0.3 is 0 Å². The molecule has 0 aromatic heterocycles. The number of hydrogen-bond donors (Lipinski definition) is 1. The molecule has 0 aliphatic carbocycles. The molecule has 1 aliphatic rings. The maximum atomic E-state index is 14.8. The van der Waals surface area contributed by atoms with Crippen LogP contribution in [-0.4, -0.2) is 11.7 Å². The fraction of sp³-hybridized carbons (Fsp3) is 0.231. The predicted octanol–water partition coefficient (Wildman–Crippen LogP) is 7.19. The summed E-state index contributed by atoms with van der Waals surface area (Å²) in [5.41, 5.74) is 2.51. The zero-order valence-electron chi connectivity index (χ0n) is 17.1. The summed E-state index contributed by atoms with van der Waals surface area (Å²) in [5.74, 6) is -3.04. The van der Waals surface area contributed by atoms with Crippen molar-refractivity contribution in [3.63, 3.8) is 0 Å². The Morgan fingerprint density at radius 2 is 1.58 bits per heavy atom. The lowest BCUT2D eigenvalue weighted by molar-refractivity contribution is -0.00711. The lowest BCUT2D eigenvalue weighted by Crippen LogP contribution is -2.20. The quantitative estimate of drug-likeness (QED) is 0.449. The molecule has 3 aromatic carbocycles. The largest absolute Gasteiger partial charge is 0.505 e. The second-order valence-corrected chi connectivity index (χ2v) is 7.76. The van der Waals surface area contributed by atoms with Gasteiger partial charge in [-0.1, -0.05) is 48.6 Å². The number of phenolic OH excluding ortho intramolecular Hbond substituents is 1. The van der Waals surface area contributed by atoms with Gasteiger partial charge < -0.3 is 9.84 Å². The Balaban J connectivity index is 1.53. The second kappa shape index (κ2) is 8.98. The van der Waals surface area contributed by atoms with E-state index in [1.54, 1.807) is 30.3 Å². The SMILES string of the molecule is C/C=C/C1CCC(c2ccc(-c3ccc(-c4ccc(O)c(F)c4F)cc3)cc2F)OC1. The summed E-state index contributed by atoms with van der Waals surface area (Å²) in [7, 11) is 0. The standard InChI is InChI=1S/C26H23F3O2/c1-2-3-16-4-13-24(31-15-16)21-10-9-19(14-22(21)27)17-5-7-18(8-6-17)20-11-12-23(30)26(29)25(20)28/h2-3,5-12,14,16,24,30H,4,13,15H2,1H3/b3-2+. The molecule has 31 heavy (non-hydrogen) atoms. The molecule has 0 amide bonds. The molecule has 5 heteroatoms. The molecule has 0 spiro atoms. The molecule has 1 heterocycles. The van der Waals surface area contributed by atoms with Gasteiger partial charge in [-0.25, -0.2) is 8.78 Å². The van der Waals surface area contributed by atoms with Gasteiger partial charge in [0.1, 0.15) is 5.82 Å². The highest BCUT2D eigenvalue weighted by atomic mass is 19.2. The lowest BCUT2D eigenvalue weighted by Gasteiger charge is -2.28. The van der Waals surface area contributed by atoms with Crippen molar-refractivity contribution in [3.8, 4) is 28.0 Å². The number of aromatic hydroxyl groups is 1. The summed E-state index contributed by atoms with van der Waals surface area (Å²) in [4.78, 5) is 0. The van der Waals surface area contributed by atoms with Gasteiger partial charge in [-0.3, -0.25) is 0 Å². The zero-order chi connectivity index (χ0) is 22.0. The van der Waals surface area contributed by atoms with Gasteiger partial charge in [-0.2, -0.15) is 4.39 Å². The van der Waals surface area contributed by atoms with Crippen molar-refractivity contribution in [2.45, 2.75) is 25.9 Å². The smallest absolute Gasteiger partial charge is 0.200 e. The van der Waals surface area contributed by atoms with Crippen LogP contribution in [0.2, 0.25) is 0 Å². The molecule has 0 saturated carbocycles. The first-order valence-electron chi connectivity index (χ1n) is 10.3. The molecule has 1 fully saturated rings. The molecule has 1 saturated heterocycles. The molecule has 2 unspecified atom stereocenters. The van der Waals surface area contributed by atoms with Crippen molar-refractivity contribution in [3.05, 3.63) is 89.8 Å². The van der Waals surface area contributed by atoms with E-state index in [0.717, 1.165) is 24.5 Å². The normalized spacial score (nSPS) is 19.1. The minimum atomic E-state index is -1.28. The highest BCUT2D eigenvalue weighted by molar-refractivity contribution is 5.71. The van der Waals surface area contributed by atoms with E-state index in [9.17, 15) is 18.3 Å². The molecule has 3 aromatic rings. The Morgan fingerprint density at radius 3 is 2.23 bits per heavy atom. The average Bonchev–Trinajstić information content (AvgIpc) is 2.79. The average molecular weight is 424 g/mol. The van der Waals surface area contributed by atoms with E-state index in [1.807, 2.05) is 19.1 Å². The van der Waals surface area contributed by atoms with E-state index < -0.39 is 17.4 Å². The number of allylic oxidation sites excluding steroid dienone is 1. The molecule has 1 aliphatic heterocycles. The van der Waals surface area contributed by atoms with E-state index in [4.69, 9.17) is 4.74 Å². The lowest BCUT2D eigenvalue weighted by atomic mass is 9.93. The van der Waals surface area contributed by atoms with Crippen LogP contribution in [0, 0.1) is 23.4 Å². The number of hydrogen-bond acceptors (Lipinski definition) is 2. The highest BCUT2D eigenvalue weighted by Gasteiger charge is 2.24. The minimum Gasteiger partial charge on any atom is -0.505 e. The molecule has 2 nitrogen and oxygen atoms in total. The van der Waals surface area contributed by atoms with Crippen LogP contribution in [0.4, 0.5) is 13.2 Å². The topological polar surface area (TPSA) is 29.5 Å². The number of halogens is 3. The fourth-order valence-corrected chi connectivity index (χ4v) is 4.01. The summed E-state index contributed by atoms with van der Waals surface area (Å²) < 4.78 is 48.5. The molecular weight excluding hydrogens is 401 g/mol. The predicted molar refractivity (Wildman–Crippen MR) is 115 cm³/mol. The van der Waals surface area contributed by atoms with Gasteiger partial charge in [0.25, 0.3) is 0 Å². The molecule has 160 valence electrons. The summed E-state index contributed by atoms with van der Waals surface area (Å²) in [6, 6.07) is 14.3. The summed E-state index contributed by atoms with van der Waals surface area (Å²) >= 11 is 0. The highest BCUT2D eigenvalue weighted by Crippen LogP contribution is 2.35. The van der Waals surface area contributed by atoms with Crippen LogP contribution in [0.1, 0.15) is 31.4 Å². The summed E-state index contributed by atoms with van der Waals surface area (Å²) in [6.45, 7) is 2.57. The first-order chi connectivity index (χ1) is 15.0. The van der Waals surface area contributed by atoms with Crippen LogP contribution in [0.25, 0.3) is 22.3 Å². The van der Waals surface area contributed by atoms with Crippen LogP contribution >= 0.6 is 0 Å². The molecule has 2 atom stereocenters. The first-order valence-corrected chi connectivity index (χ1v) is 10.3. The Labute approximate surface area is 179 Å². The van der Waals surface area contributed by atoms with E-state index in [0.29, 0.717) is 29.2 Å². The van der Waals surface area contributed by atoms with Gasteiger partial charge in [0.2, 0.25) is 5.82 Å². The summed E-state index contributed by atoms with van der Waals surface area (Å²) in [5, 5.41) is 9.28. The number of ether oxygens (including phenoxy) is 1. The van der Waals surface area contributed by atoms with Crippen molar-refractivity contribution in [2.24, 2.45) is 5.92 Å². The molecular formula is C26H23F3O2. The zero-order valence-corrected chi connectivity index (χ0v) is 17.1. The first kappa shape index (κ1) is 21.2. The van der Waals surface area contributed by atoms with Crippen LogP contribution in [-0.2, 0) is 4.74 Å². The van der Waals surface area contributed by atoms with Gasteiger partial charge in [0.05, 0.1) is 12.7 Å². The van der Waals surface area contributed by atoms with Gasteiger partial charge in [0.15, 0.2) is 11.6 Å². The fourth-order valence-electron chi connectivity index (χ4n) is 4.01. The number of benzene rings is 3. The van der Waals surface area contributed by atoms with Crippen molar-refractivity contribution in [1.29, 1.82) is 0 Å². The van der Waals surface area contributed by atoms with Crippen molar-refractivity contribution in [1.82, 2.24) is 0 Å². The van der Waals surface area contributed by atoms with Gasteiger partial charge in [0, 0.05) is 17.0 Å². The maximum Gasteiger partial charge on any atom is 0.200 e. The Bertz CT molecular complexity index is 1100. The Morgan fingerprint density at radius 1 is 0.871 bits per heavy atom. The second-order valence-electron chi connectivity index (χ2n) is 7.76. The van der Waals surface area contributed by atoms with E-state index in [2.05, 4.69) is 6.08 Å². The monoisotopic (exact) mass is 424 g/mol. The van der Waals surface area contributed by atoms with E-state index in [-0.39, 0.29) is 17.5 Å². The maximum absolute atomic E-state index is 14.8. The third-order valence-corrected chi connectivity index (χ3v) is 5.71. The van der Waals surface area contributed by atoms with Crippen LogP contribution in [0.5, 0.6) is 5.75 Å². The van der Waals surface area contributed by atoms with Crippen LogP contribution < -0.4 is 0 Å². The number of rotatable bonds is 4. The van der Waals surface area contributed by atoms with Crippen molar-refractivity contribution >= 4 is 0 Å². The minimum absolute atomic E-state index is 0.0500. The van der Waals surface area contributed by atoms with Crippen LogP contribution in [0.15, 0.2) is 66.7 Å². The third kappa shape index (κ3) is 4.37.